The molecular formula is C25H34N2O4. The first kappa shape index (κ1) is 21.8. The number of aromatic nitrogens is 1. The second kappa shape index (κ2) is 9.01. The van der Waals surface area contributed by atoms with Gasteiger partial charge in [-0.1, -0.05) is 32.9 Å². The number of esters is 1. The monoisotopic (exact) mass is 426 g/mol. The van der Waals surface area contributed by atoms with Crippen molar-refractivity contribution in [3.05, 3.63) is 30.2 Å². The van der Waals surface area contributed by atoms with Crippen molar-refractivity contribution in [1.82, 2.24) is 9.88 Å². The van der Waals surface area contributed by atoms with Crippen molar-refractivity contribution in [2.75, 3.05) is 19.7 Å². The number of benzene rings is 1. The van der Waals surface area contributed by atoms with Crippen LogP contribution in [0.15, 0.2) is 28.7 Å². The van der Waals surface area contributed by atoms with E-state index in [1.54, 1.807) is 4.90 Å². The number of fused-ring (bicyclic) bond motifs is 1. The Morgan fingerprint density at radius 1 is 1.06 bits per heavy atom. The molecule has 1 aliphatic heterocycles. The zero-order valence-corrected chi connectivity index (χ0v) is 18.9. The fourth-order valence-electron chi connectivity index (χ4n) is 4.98. The summed E-state index contributed by atoms with van der Waals surface area (Å²) in [7, 11) is 0. The first-order valence-corrected chi connectivity index (χ1v) is 11.6. The van der Waals surface area contributed by atoms with Crippen LogP contribution in [0.1, 0.15) is 71.1 Å². The van der Waals surface area contributed by atoms with Crippen LogP contribution in [0.5, 0.6) is 0 Å². The predicted molar refractivity (Wildman–Crippen MR) is 118 cm³/mol. The molecule has 0 radical (unpaired) electrons. The van der Waals surface area contributed by atoms with E-state index in [2.05, 4.69) is 25.8 Å². The minimum absolute atomic E-state index is 0.0590. The van der Waals surface area contributed by atoms with Crippen molar-refractivity contribution in [1.29, 1.82) is 0 Å². The van der Waals surface area contributed by atoms with Gasteiger partial charge in [0.15, 0.2) is 18.1 Å². The quantitative estimate of drug-likeness (QED) is 0.648. The molecule has 2 fully saturated rings. The minimum atomic E-state index is -0.206. The molecule has 1 aromatic carbocycles. The molecule has 31 heavy (non-hydrogen) atoms. The molecule has 1 saturated carbocycles. The number of carbonyl (C=O) groups is 2. The van der Waals surface area contributed by atoms with Crippen LogP contribution in [0.4, 0.5) is 0 Å². The SMILES string of the molecule is CC(C)(C)C1CCC(C(=O)OCC(=O)N2CCC(c3nc4ccccc4o3)CC2)CC1. The molecule has 6 nitrogen and oxygen atoms in total. The third-order valence-corrected chi connectivity index (χ3v) is 7.13. The minimum Gasteiger partial charge on any atom is -0.455 e. The van der Waals surface area contributed by atoms with Crippen molar-refractivity contribution in [2.45, 2.75) is 65.2 Å². The lowest BCUT2D eigenvalue weighted by Crippen LogP contribution is -2.40. The van der Waals surface area contributed by atoms with Crippen LogP contribution in [-0.4, -0.2) is 41.5 Å². The average Bonchev–Trinajstić information content (AvgIpc) is 3.21. The van der Waals surface area contributed by atoms with Gasteiger partial charge in [0.25, 0.3) is 5.91 Å². The van der Waals surface area contributed by atoms with Gasteiger partial charge in [-0.25, -0.2) is 4.98 Å². The van der Waals surface area contributed by atoms with Crippen LogP contribution in [-0.2, 0) is 14.3 Å². The van der Waals surface area contributed by atoms with Crippen LogP contribution in [0, 0.1) is 17.3 Å². The van der Waals surface area contributed by atoms with Crippen LogP contribution in [0.2, 0.25) is 0 Å². The smallest absolute Gasteiger partial charge is 0.309 e. The molecule has 1 saturated heterocycles. The third kappa shape index (κ3) is 5.10. The van der Waals surface area contributed by atoms with E-state index in [0.717, 1.165) is 55.5 Å². The molecule has 0 spiro atoms. The maximum Gasteiger partial charge on any atom is 0.309 e. The highest BCUT2D eigenvalue weighted by Crippen LogP contribution is 2.40. The number of likely N-dealkylation sites (tertiary alicyclic amines) is 1. The Morgan fingerprint density at radius 2 is 1.74 bits per heavy atom. The van der Waals surface area contributed by atoms with Crippen molar-refractivity contribution in [3.63, 3.8) is 0 Å². The summed E-state index contributed by atoms with van der Waals surface area (Å²) in [5.74, 6) is 1.26. The Kier molecular flexibility index (Phi) is 6.35. The maximum atomic E-state index is 12.6. The van der Waals surface area contributed by atoms with Crippen LogP contribution in [0.25, 0.3) is 11.1 Å². The number of hydrogen-bond acceptors (Lipinski definition) is 5. The van der Waals surface area contributed by atoms with Gasteiger partial charge in [-0.2, -0.15) is 0 Å². The number of piperidine rings is 1. The fraction of sp³-hybridized carbons (Fsp3) is 0.640. The molecule has 168 valence electrons. The standard InChI is InChI=1S/C25H34N2O4/c1-25(2,3)19-10-8-18(9-11-19)24(29)30-16-22(28)27-14-12-17(13-15-27)23-26-20-6-4-5-7-21(20)31-23/h4-7,17-19H,8-16H2,1-3H3. The van der Waals surface area contributed by atoms with Crippen LogP contribution in [0.3, 0.4) is 0 Å². The number of nitrogens with zero attached hydrogens (tertiary/aromatic N) is 2. The van der Waals surface area contributed by atoms with Gasteiger partial charge >= 0.3 is 5.97 Å². The summed E-state index contributed by atoms with van der Waals surface area (Å²) < 4.78 is 11.3. The number of hydrogen-bond donors (Lipinski definition) is 0. The number of ether oxygens (including phenoxy) is 1. The van der Waals surface area contributed by atoms with E-state index < -0.39 is 0 Å². The third-order valence-electron chi connectivity index (χ3n) is 7.13. The molecule has 2 aliphatic rings. The Hall–Kier alpha value is -2.37. The lowest BCUT2D eigenvalue weighted by atomic mass is 9.70. The summed E-state index contributed by atoms with van der Waals surface area (Å²) in [6.07, 6.45) is 5.46. The van der Waals surface area contributed by atoms with Gasteiger partial charge in [0.2, 0.25) is 0 Å². The van der Waals surface area contributed by atoms with E-state index in [-0.39, 0.29) is 35.7 Å². The van der Waals surface area contributed by atoms with E-state index in [1.165, 1.54) is 0 Å². The lowest BCUT2D eigenvalue weighted by Gasteiger charge is -2.36. The first-order valence-electron chi connectivity index (χ1n) is 11.6. The molecule has 0 bridgehead atoms. The fourth-order valence-corrected chi connectivity index (χ4v) is 4.98. The second-order valence-corrected chi connectivity index (χ2v) is 10.2. The molecular weight excluding hydrogens is 392 g/mol. The zero-order valence-electron chi connectivity index (χ0n) is 18.9. The summed E-state index contributed by atoms with van der Waals surface area (Å²) in [6, 6.07) is 7.77. The second-order valence-electron chi connectivity index (χ2n) is 10.2. The van der Waals surface area contributed by atoms with Crippen LogP contribution < -0.4 is 0 Å². The molecule has 2 heterocycles. The molecule has 6 heteroatoms. The van der Waals surface area contributed by atoms with Crippen molar-refractivity contribution >= 4 is 23.0 Å². The lowest BCUT2D eigenvalue weighted by molar-refractivity contribution is -0.157. The molecule has 0 N–H and O–H groups in total. The van der Waals surface area contributed by atoms with Gasteiger partial charge < -0.3 is 14.1 Å². The Balaban J connectivity index is 1.21. The highest BCUT2D eigenvalue weighted by molar-refractivity contribution is 5.81. The van der Waals surface area contributed by atoms with E-state index in [0.29, 0.717) is 19.0 Å². The molecule has 0 unspecified atom stereocenters. The Morgan fingerprint density at radius 3 is 2.39 bits per heavy atom. The largest absolute Gasteiger partial charge is 0.455 e. The van der Waals surface area contributed by atoms with E-state index in [1.807, 2.05) is 24.3 Å². The number of para-hydroxylation sites is 2. The van der Waals surface area contributed by atoms with Crippen LogP contribution >= 0.6 is 0 Å². The van der Waals surface area contributed by atoms with Crippen molar-refractivity contribution in [2.24, 2.45) is 17.3 Å². The van der Waals surface area contributed by atoms with Gasteiger partial charge in [-0.05, 0) is 62.0 Å². The Bertz CT molecular complexity index is 880. The van der Waals surface area contributed by atoms with Gasteiger partial charge in [0.05, 0.1) is 5.92 Å². The number of oxazole rings is 1. The van der Waals surface area contributed by atoms with Gasteiger partial charge in [-0.15, -0.1) is 0 Å². The zero-order chi connectivity index (χ0) is 22.0. The van der Waals surface area contributed by atoms with E-state index >= 15 is 0 Å². The average molecular weight is 427 g/mol. The topological polar surface area (TPSA) is 72.6 Å². The normalized spacial score (nSPS) is 23.1. The predicted octanol–water partition coefficient (Wildman–Crippen LogP) is 4.93. The number of rotatable bonds is 4. The molecule has 1 amide bonds. The van der Waals surface area contributed by atoms with Gasteiger partial charge in [-0.3, -0.25) is 9.59 Å². The molecule has 0 atom stereocenters. The highest BCUT2D eigenvalue weighted by Gasteiger charge is 2.33. The van der Waals surface area contributed by atoms with Gasteiger partial charge in [0, 0.05) is 19.0 Å². The highest BCUT2D eigenvalue weighted by atomic mass is 16.5. The van der Waals surface area contributed by atoms with Crippen molar-refractivity contribution in [3.8, 4) is 0 Å². The van der Waals surface area contributed by atoms with Gasteiger partial charge in [0.1, 0.15) is 5.52 Å². The number of carbonyl (C=O) groups excluding carboxylic acids is 2. The summed E-state index contributed by atoms with van der Waals surface area (Å²) in [5.41, 5.74) is 1.97. The van der Waals surface area contributed by atoms with Crippen molar-refractivity contribution < 1.29 is 18.7 Å². The summed E-state index contributed by atoms with van der Waals surface area (Å²) in [5, 5.41) is 0. The maximum absolute atomic E-state index is 12.6. The summed E-state index contributed by atoms with van der Waals surface area (Å²) in [6.45, 7) is 7.92. The Labute approximate surface area is 184 Å². The molecule has 1 aliphatic carbocycles. The summed E-state index contributed by atoms with van der Waals surface area (Å²) >= 11 is 0. The first-order chi connectivity index (χ1) is 14.8. The summed E-state index contributed by atoms with van der Waals surface area (Å²) in [4.78, 5) is 31.4. The number of amides is 1. The molecule has 2 aromatic rings. The molecule has 4 rings (SSSR count). The van der Waals surface area contributed by atoms with E-state index in [4.69, 9.17) is 9.15 Å². The van der Waals surface area contributed by atoms with E-state index in [9.17, 15) is 9.59 Å². The molecule has 1 aromatic heterocycles.